The summed E-state index contributed by atoms with van der Waals surface area (Å²) in [5.74, 6) is 0. The van der Waals surface area contributed by atoms with Gasteiger partial charge in [-0.2, -0.15) is 5.26 Å². The predicted molar refractivity (Wildman–Crippen MR) is 62.4 cm³/mol. The summed E-state index contributed by atoms with van der Waals surface area (Å²) in [4.78, 5) is 13.3. The molecule has 1 aliphatic rings. The highest BCUT2D eigenvalue weighted by atomic mass is 16.6. The van der Waals surface area contributed by atoms with Gasteiger partial charge in [-0.15, -0.1) is 0 Å². The van der Waals surface area contributed by atoms with Crippen LogP contribution in [0, 0.1) is 11.3 Å². The van der Waals surface area contributed by atoms with Gasteiger partial charge in [-0.25, -0.2) is 4.79 Å². The molecule has 1 rings (SSSR count). The molecule has 1 aliphatic heterocycles. The summed E-state index contributed by atoms with van der Waals surface area (Å²) in [6.07, 6.45) is -0.0362. The SMILES string of the molecule is CCOC1(CC#N)CN(C(=O)OC(C)(C)C)C1. The van der Waals surface area contributed by atoms with Crippen molar-refractivity contribution in [3.63, 3.8) is 0 Å². The van der Waals surface area contributed by atoms with Crippen molar-refractivity contribution >= 4 is 6.09 Å². The monoisotopic (exact) mass is 240 g/mol. The fourth-order valence-electron chi connectivity index (χ4n) is 1.81. The van der Waals surface area contributed by atoms with Crippen LogP contribution in [0.5, 0.6) is 0 Å². The van der Waals surface area contributed by atoms with Crippen molar-refractivity contribution in [3.05, 3.63) is 0 Å². The zero-order valence-corrected chi connectivity index (χ0v) is 10.9. The molecule has 17 heavy (non-hydrogen) atoms. The van der Waals surface area contributed by atoms with Crippen LogP contribution in [0.25, 0.3) is 0 Å². The van der Waals surface area contributed by atoms with E-state index in [0.717, 1.165) is 0 Å². The van der Waals surface area contributed by atoms with E-state index in [1.165, 1.54) is 0 Å². The van der Waals surface area contributed by atoms with E-state index in [0.29, 0.717) is 26.1 Å². The lowest BCUT2D eigenvalue weighted by atomic mass is 9.91. The first-order valence-electron chi connectivity index (χ1n) is 5.81. The highest BCUT2D eigenvalue weighted by molar-refractivity contribution is 5.69. The zero-order chi connectivity index (χ0) is 13.1. The Hall–Kier alpha value is -1.28. The molecule has 96 valence electrons. The first-order chi connectivity index (χ1) is 7.82. The Bertz CT molecular complexity index is 322. The van der Waals surface area contributed by atoms with E-state index in [2.05, 4.69) is 6.07 Å². The number of ether oxygens (including phenoxy) is 2. The van der Waals surface area contributed by atoms with Crippen LogP contribution >= 0.6 is 0 Å². The maximum absolute atomic E-state index is 11.7. The molecule has 0 saturated carbocycles. The first kappa shape index (κ1) is 13.8. The Morgan fingerprint density at radius 1 is 1.47 bits per heavy atom. The third kappa shape index (κ3) is 3.60. The van der Waals surface area contributed by atoms with Gasteiger partial charge in [0.25, 0.3) is 0 Å². The molecule has 0 radical (unpaired) electrons. The minimum Gasteiger partial charge on any atom is -0.444 e. The Labute approximate surface area is 102 Å². The summed E-state index contributed by atoms with van der Waals surface area (Å²) < 4.78 is 10.8. The molecule has 1 heterocycles. The van der Waals surface area contributed by atoms with Crippen LogP contribution in [0.1, 0.15) is 34.1 Å². The van der Waals surface area contributed by atoms with E-state index in [1.54, 1.807) is 4.90 Å². The fraction of sp³-hybridized carbons (Fsp3) is 0.833. The second kappa shape index (κ2) is 4.92. The molecule has 1 amide bonds. The van der Waals surface area contributed by atoms with Gasteiger partial charge in [-0.1, -0.05) is 0 Å². The van der Waals surface area contributed by atoms with E-state index in [9.17, 15) is 4.79 Å². The lowest BCUT2D eigenvalue weighted by Gasteiger charge is -2.48. The molecule has 0 atom stereocenters. The minimum atomic E-state index is -0.490. The van der Waals surface area contributed by atoms with Crippen LogP contribution in [0.15, 0.2) is 0 Å². The average Bonchev–Trinajstić information content (AvgIpc) is 2.10. The topological polar surface area (TPSA) is 62.6 Å². The van der Waals surface area contributed by atoms with Crippen LogP contribution in [0.2, 0.25) is 0 Å². The Morgan fingerprint density at radius 2 is 2.06 bits per heavy atom. The summed E-state index contributed by atoms with van der Waals surface area (Å²) in [6, 6.07) is 2.10. The predicted octanol–water partition coefficient (Wildman–Crippen LogP) is 1.93. The van der Waals surface area contributed by atoms with Crippen LogP contribution in [-0.4, -0.2) is 41.9 Å². The maximum atomic E-state index is 11.7. The lowest BCUT2D eigenvalue weighted by molar-refractivity contribution is -0.133. The largest absolute Gasteiger partial charge is 0.444 e. The third-order valence-electron chi connectivity index (χ3n) is 2.46. The number of nitrogens with zero attached hydrogens (tertiary/aromatic N) is 2. The quantitative estimate of drug-likeness (QED) is 0.756. The summed E-state index contributed by atoms with van der Waals surface area (Å²) in [7, 11) is 0. The van der Waals surface area contributed by atoms with Crippen LogP contribution in [-0.2, 0) is 9.47 Å². The number of hydrogen-bond acceptors (Lipinski definition) is 4. The first-order valence-corrected chi connectivity index (χ1v) is 5.81. The highest BCUT2D eigenvalue weighted by Gasteiger charge is 2.47. The van der Waals surface area contributed by atoms with Crippen molar-refractivity contribution in [2.24, 2.45) is 0 Å². The number of amides is 1. The molecule has 0 spiro atoms. The summed E-state index contributed by atoms with van der Waals surface area (Å²) in [5.41, 5.74) is -0.976. The van der Waals surface area contributed by atoms with Crippen LogP contribution in [0.4, 0.5) is 4.79 Å². The normalized spacial score (nSPS) is 18.2. The van der Waals surface area contributed by atoms with Gasteiger partial charge in [-0.3, -0.25) is 0 Å². The van der Waals surface area contributed by atoms with Crippen molar-refractivity contribution in [2.45, 2.75) is 45.3 Å². The summed E-state index contributed by atoms with van der Waals surface area (Å²) in [6.45, 7) is 8.78. The molecule has 0 aromatic carbocycles. The average molecular weight is 240 g/mol. The van der Waals surface area contributed by atoms with Crippen molar-refractivity contribution in [1.82, 2.24) is 4.90 Å². The molecule has 5 nitrogen and oxygen atoms in total. The van der Waals surface area contributed by atoms with Gasteiger partial charge < -0.3 is 14.4 Å². The van der Waals surface area contributed by atoms with E-state index >= 15 is 0 Å². The second-order valence-corrected chi connectivity index (χ2v) is 5.29. The van der Waals surface area contributed by atoms with Crippen LogP contribution in [0.3, 0.4) is 0 Å². The minimum absolute atomic E-state index is 0.306. The second-order valence-electron chi connectivity index (χ2n) is 5.29. The van der Waals surface area contributed by atoms with E-state index in [-0.39, 0.29) is 6.09 Å². The summed E-state index contributed by atoms with van der Waals surface area (Å²) in [5, 5.41) is 8.74. The zero-order valence-electron chi connectivity index (χ0n) is 10.9. The number of rotatable bonds is 3. The fourth-order valence-corrected chi connectivity index (χ4v) is 1.81. The molecular weight excluding hydrogens is 220 g/mol. The molecule has 0 aromatic rings. The van der Waals surface area contributed by atoms with Gasteiger partial charge in [0.15, 0.2) is 0 Å². The number of likely N-dealkylation sites (tertiary alicyclic amines) is 1. The third-order valence-corrected chi connectivity index (χ3v) is 2.46. The van der Waals surface area contributed by atoms with Crippen molar-refractivity contribution in [1.29, 1.82) is 5.26 Å². The molecule has 1 saturated heterocycles. The molecule has 5 heteroatoms. The van der Waals surface area contributed by atoms with Gasteiger partial charge >= 0.3 is 6.09 Å². The van der Waals surface area contributed by atoms with Gasteiger partial charge in [0.1, 0.15) is 11.2 Å². The van der Waals surface area contributed by atoms with Gasteiger partial charge in [0.05, 0.1) is 25.6 Å². The summed E-state index contributed by atoms with van der Waals surface area (Å²) >= 11 is 0. The Morgan fingerprint density at radius 3 is 2.47 bits per heavy atom. The molecule has 0 bridgehead atoms. The smallest absolute Gasteiger partial charge is 0.410 e. The number of carbonyl (C=O) groups is 1. The van der Waals surface area contributed by atoms with Crippen molar-refractivity contribution < 1.29 is 14.3 Å². The van der Waals surface area contributed by atoms with E-state index < -0.39 is 11.2 Å². The van der Waals surface area contributed by atoms with E-state index in [1.807, 2.05) is 27.7 Å². The van der Waals surface area contributed by atoms with Gasteiger partial charge in [0, 0.05) is 6.61 Å². The molecule has 0 aliphatic carbocycles. The maximum Gasteiger partial charge on any atom is 0.410 e. The molecule has 0 N–H and O–H groups in total. The molecule has 0 unspecified atom stereocenters. The lowest BCUT2D eigenvalue weighted by Crippen LogP contribution is -2.65. The van der Waals surface area contributed by atoms with Gasteiger partial charge in [-0.05, 0) is 27.7 Å². The molecule has 0 aromatic heterocycles. The Kier molecular flexibility index (Phi) is 3.99. The Balaban J connectivity index is 2.49. The van der Waals surface area contributed by atoms with Gasteiger partial charge in [0.2, 0.25) is 0 Å². The van der Waals surface area contributed by atoms with Crippen molar-refractivity contribution in [2.75, 3.05) is 19.7 Å². The highest BCUT2D eigenvalue weighted by Crippen LogP contribution is 2.29. The van der Waals surface area contributed by atoms with E-state index in [4.69, 9.17) is 14.7 Å². The number of hydrogen-bond donors (Lipinski definition) is 0. The molecular formula is C12H20N2O3. The van der Waals surface area contributed by atoms with Crippen LogP contribution < -0.4 is 0 Å². The number of carbonyl (C=O) groups excluding carboxylic acids is 1. The number of nitriles is 1. The standard InChI is InChI=1S/C12H20N2O3/c1-5-16-12(6-7-13)8-14(9-12)10(15)17-11(2,3)4/h5-6,8-9H2,1-4H3. The van der Waals surface area contributed by atoms with Crippen molar-refractivity contribution in [3.8, 4) is 6.07 Å². The molecule has 1 fully saturated rings.